The van der Waals surface area contributed by atoms with Crippen molar-refractivity contribution in [3.8, 4) is 0 Å². The molecule has 8 heteroatoms. The Labute approximate surface area is 109 Å². The molecule has 102 valence electrons. The monoisotopic (exact) mass is 264 g/mol. The first-order valence-corrected chi connectivity index (χ1v) is 5.92. The van der Waals surface area contributed by atoms with E-state index in [0.29, 0.717) is 11.6 Å². The maximum atomic E-state index is 11.8. The number of carbonyl (C=O) groups excluding carboxylic acids is 1. The Morgan fingerprint density at radius 3 is 2.79 bits per heavy atom. The predicted molar refractivity (Wildman–Crippen MR) is 67.7 cm³/mol. The van der Waals surface area contributed by atoms with Crippen molar-refractivity contribution in [3.05, 3.63) is 34.0 Å². The summed E-state index contributed by atoms with van der Waals surface area (Å²) >= 11 is 0. The molecule has 0 aromatic carbocycles. The fourth-order valence-electron chi connectivity index (χ4n) is 1.55. The van der Waals surface area contributed by atoms with E-state index >= 15 is 0 Å². The third kappa shape index (κ3) is 2.72. The molecule has 0 saturated heterocycles. The second-order valence-electron chi connectivity index (χ2n) is 4.52. The van der Waals surface area contributed by atoms with Crippen LogP contribution in [0.1, 0.15) is 41.9 Å². The summed E-state index contributed by atoms with van der Waals surface area (Å²) in [5.41, 5.74) is -0.0551. The zero-order valence-corrected chi connectivity index (χ0v) is 11.0. The van der Waals surface area contributed by atoms with Crippen molar-refractivity contribution in [1.82, 2.24) is 30.0 Å². The van der Waals surface area contributed by atoms with E-state index in [1.807, 2.05) is 13.8 Å². The standard InChI is InChI=1S/C11H16N6O2/c1-6(2)9-14-8(15-16-9)5-12-10(18)7-4-13-11(19)17(7)3/h4,6H,5H2,1-3H3,(H,12,18)(H,13,19)(H,14,15,16). The normalized spacial score (nSPS) is 10.9. The highest BCUT2D eigenvalue weighted by atomic mass is 16.2. The number of aromatic nitrogens is 5. The average Bonchev–Trinajstić information content (AvgIpc) is 2.95. The van der Waals surface area contributed by atoms with Crippen LogP contribution in [0.15, 0.2) is 11.0 Å². The van der Waals surface area contributed by atoms with Crippen LogP contribution >= 0.6 is 0 Å². The van der Waals surface area contributed by atoms with E-state index in [2.05, 4.69) is 25.5 Å². The highest BCUT2D eigenvalue weighted by molar-refractivity contribution is 5.92. The average molecular weight is 264 g/mol. The van der Waals surface area contributed by atoms with E-state index in [-0.39, 0.29) is 29.8 Å². The van der Waals surface area contributed by atoms with Crippen LogP contribution in [-0.4, -0.2) is 30.6 Å². The summed E-state index contributed by atoms with van der Waals surface area (Å²) in [4.78, 5) is 29.7. The van der Waals surface area contributed by atoms with Gasteiger partial charge in [0.1, 0.15) is 11.5 Å². The van der Waals surface area contributed by atoms with E-state index in [1.54, 1.807) is 0 Å². The van der Waals surface area contributed by atoms with Crippen LogP contribution in [0.2, 0.25) is 0 Å². The van der Waals surface area contributed by atoms with Gasteiger partial charge in [-0.1, -0.05) is 13.8 Å². The molecule has 0 radical (unpaired) electrons. The number of H-pyrrole nitrogens is 2. The molecule has 0 spiro atoms. The number of carbonyl (C=O) groups is 1. The van der Waals surface area contributed by atoms with Gasteiger partial charge in [-0.3, -0.25) is 14.5 Å². The number of rotatable bonds is 4. The molecule has 2 rings (SSSR count). The summed E-state index contributed by atoms with van der Waals surface area (Å²) in [6.07, 6.45) is 1.37. The van der Waals surface area contributed by atoms with Gasteiger partial charge >= 0.3 is 5.69 Å². The Balaban J connectivity index is 2.00. The van der Waals surface area contributed by atoms with Crippen LogP contribution in [0.25, 0.3) is 0 Å². The van der Waals surface area contributed by atoms with Crippen LogP contribution in [0.5, 0.6) is 0 Å². The number of hydrogen-bond acceptors (Lipinski definition) is 4. The largest absolute Gasteiger partial charge is 0.343 e. The smallest absolute Gasteiger partial charge is 0.325 e. The lowest BCUT2D eigenvalue weighted by Crippen LogP contribution is -2.27. The lowest BCUT2D eigenvalue weighted by molar-refractivity contribution is 0.0941. The highest BCUT2D eigenvalue weighted by Gasteiger charge is 2.12. The van der Waals surface area contributed by atoms with Crippen molar-refractivity contribution >= 4 is 5.91 Å². The molecule has 0 aliphatic rings. The second-order valence-corrected chi connectivity index (χ2v) is 4.52. The van der Waals surface area contributed by atoms with E-state index in [0.717, 1.165) is 0 Å². The molecule has 19 heavy (non-hydrogen) atoms. The molecule has 2 aromatic rings. The summed E-state index contributed by atoms with van der Waals surface area (Å²) in [5, 5.41) is 9.47. The molecule has 0 fully saturated rings. The van der Waals surface area contributed by atoms with Crippen molar-refractivity contribution in [2.75, 3.05) is 0 Å². The Bertz CT molecular complexity index is 636. The maximum absolute atomic E-state index is 11.8. The molecular weight excluding hydrogens is 248 g/mol. The van der Waals surface area contributed by atoms with Gasteiger partial charge in [0.05, 0.1) is 6.54 Å². The number of aromatic amines is 2. The minimum Gasteiger partial charge on any atom is -0.343 e. The predicted octanol–water partition coefficient (Wildman–Crippen LogP) is -0.115. The van der Waals surface area contributed by atoms with Gasteiger partial charge < -0.3 is 10.3 Å². The first kappa shape index (κ1) is 13.1. The third-order valence-corrected chi connectivity index (χ3v) is 2.71. The van der Waals surface area contributed by atoms with Gasteiger partial charge in [-0.05, 0) is 0 Å². The van der Waals surface area contributed by atoms with Gasteiger partial charge in [0.25, 0.3) is 5.91 Å². The first-order chi connectivity index (χ1) is 8.99. The number of nitrogens with zero attached hydrogens (tertiary/aromatic N) is 3. The van der Waals surface area contributed by atoms with E-state index in [4.69, 9.17) is 0 Å². The molecule has 0 aliphatic heterocycles. The maximum Gasteiger partial charge on any atom is 0.325 e. The summed E-state index contributed by atoms with van der Waals surface area (Å²) in [7, 11) is 1.53. The zero-order valence-electron chi connectivity index (χ0n) is 11.0. The van der Waals surface area contributed by atoms with Crippen LogP contribution in [0.3, 0.4) is 0 Å². The van der Waals surface area contributed by atoms with Gasteiger partial charge in [0.2, 0.25) is 0 Å². The first-order valence-electron chi connectivity index (χ1n) is 5.92. The molecule has 0 aliphatic carbocycles. The Kier molecular flexibility index (Phi) is 3.50. The van der Waals surface area contributed by atoms with Crippen LogP contribution < -0.4 is 11.0 Å². The minimum atomic E-state index is -0.344. The molecule has 3 N–H and O–H groups in total. The Hall–Kier alpha value is -2.38. The molecular formula is C11H16N6O2. The molecule has 0 unspecified atom stereocenters. The van der Waals surface area contributed by atoms with Gasteiger partial charge in [-0.25, -0.2) is 9.78 Å². The van der Waals surface area contributed by atoms with Crippen molar-refractivity contribution < 1.29 is 4.79 Å². The van der Waals surface area contributed by atoms with Gasteiger partial charge in [-0.15, -0.1) is 0 Å². The molecule has 0 saturated carbocycles. The summed E-state index contributed by atoms with van der Waals surface area (Å²) < 4.78 is 1.25. The number of amides is 1. The molecule has 0 atom stereocenters. The molecule has 0 bridgehead atoms. The summed E-state index contributed by atoms with van der Waals surface area (Å²) in [6.45, 7) is 4.21. The SMILES string of the molecule is CC(C)c1n[nH]c(CNC(=O)c2c[nH]c(=O)n2C)n1. The Morgan fingerprint density at radius 2 is 2.26 bits per heavy atom. The number of hydrogen-bond donors (Lipinski definition) is 3. The van der Waals surface area contributed by atoms with E-state index < -0.39 is 0 Å². The van der Waals surface area contributed by atoms with Crippen molar-refractivity contribution in [2.24, 2.45) is 7.05 Å². The van der Waals surface area contributed by atoms with Gasteiger partial charge in [0.15, 0.2) is 5.82 Å². The fraction of sp³-hybridized carbons (Fsp3) is 0.455. The van der Waals surface area contributed by atoms with Crippen molar-refractivity contribution in [3.63, 3.8) is 0 Å². The molecule has 2 heterocycles. The molecule has 1 amide bonds. The minimum absolute atomic E-state index is 0.228. The topological polar surface area (TPSA) is 108 Å². The summed E-state index contributed by atoms with van der Waals surface area (Å²) in [6, 6.07) is 0. The van der Waals surface area contributed by atoms with Crippen LogP contribution in [0, 0.1) is 0 Å². The Morgan fingerprint density at radius 1 is 1.53 bits per heavy atom. The lowest BCUT2D eigenvalue weighted by Gasteiger charge is -2.02. The number of nitrogens with one attached hydrogen (secondary N) is 3. The van der Waals surface area contributed by atoms with Crippen LogP contribution in [0.4, 0.5) is 0 Å². The van der Waals surface area contributed by atoms with E-state index in [1.165, 1.54) is 17.8 Å². The fourth-order valence-corrected chi connectivity index (χ4v) is 1.55. The zero-order chi connectivity index (χ0) is 14.0. The quantitative estimate of drug-likeness (QED) is 0.715. The second kappa shape index (κ2) is 5.09. The van der Waals surface area contributed by atoms with Crippen molar-refractivity contribution in [1.29, 1.82) is 0 Å². The highest BCUT2D eigenvalue weighted by Crippen LogP contribution is 2.07. The molecule has 2 aromatic heterocycles. The lowest BCUT2D eigenvalue weighted by atomic mass is 10.2. The molecule has 8 nitrogen and oxygen atoms in total. The van der Waals surface area contributed by atoms with Crippen molar-refractivity contribution in [2.45, 2.75) is 26.3 Å². The number of imidazole rings is 1. The van der Waals surface area contributed by atoms with Gasteiger partial charge in [0, 0.05) is 19.2 Å². The summed E-state index contributed by atoms with van der Waals surface area (Å²) in [5.74, 6) is 1.17. The van der Waals surface area contributed by atoms with Gasteiger partial charge in [-0.2, -0.15) is 5.10 Å². The third-order valence-electron chi connectivity index (χ3n) is 2.71. The van der Waals surface area contributed by atoms with E-state index in [9.17, 15) is 9.59 Å². The van der Waals surface area contributed by atoms with Crippen LogP contribution in [-0.2, 0) is 13.6 Å².